The van der Waals surface area contributed by atoms with Crippen LogP contribution in [0.25, 0.3) is 0 Å². The summed E-state index contributed by atoms with van der Waals surface area (Å²) in [4.78, 5) is 0. The molecule has 0 saturated heterocycles. The summed E-state index contributed by atoms with van der Waals surface area (Å²) in [6.45, 7) is 6.25. The van der Waals surface area contributed by atoms with Crippen LogP contribution >= 0.6 is 0 Å². The molecule has 0 aliphatic carbocycles. The van der Waals surface area contributed by atoms with Gasteiger partial charge in [0.15, 0.2) is 11.5 Å². The highest BCUT2D eigenvalue weighted by Crippen LogP contribution is 2.34. The predicted molar refractivity (Wildman–Crippen MR) is 80.9 cm³/mol. The summed E-state index contributed by atoms with van der Waals surface area (Å²) in [5.41, 5.74) is 3.39. The molecule has 1 aromatic carbocycles. The molecule has 0 spiro atoms. The van der Waals surface area contributed by atoms with Gasteiger partial charge in [0.1, 0.15) is 13.2 Å². The number of hydrogen-bond acceptors (Lipinski definition) is 4. The van der Waals surface area contributed by atoms with Crippen LogP contribution in [0.2, 0.25) is 0 Å². The van der Waals surface area contributed by atoms with E-state index in [1.807, 2.05) is 24.7 Å². The van der Waals surface area contributed by atoms with Gasteiger partial charge in [-0.1, -0.05) is 13.0 Å². The number of nitrogens with one attached hydrogen (secondary N) is 1. The van der Waals surface area contributed by atoms with Crippen LogP contribution in [-0.2, 0) is 7.05 Å². The number of fused-ring (bicyclic) bond motifs is 1. The fourth-order valence-corrected chi connectivity index (χ4v) is 2.75. The first-order valence-electron chi connectivity index (χ1n) is 7.32. The quantitative estimate of drug-likeness (QED) is 0.936. The molecule has 1 aliphatic heterocycles. The average molecular weight is 287 g/mol. The van der Waals surface area contributed by atoms with Gasteiger partial charge in [0, 0.05) is 18.8 Å². The SMILES string of the molecule is CCNC(c1ccc2c(c1)OCCO2)c1cn(C)nc1C. The zero-order valence-electron chi connectivity index (χ0n) is 12.7. The maximum atomic E-state index is 5.69. The maximum Gasteiger partial charge on any atom is 0.161 e. The highest BCUT2D eigenvalue weighted by Gasteiger charge is 2.20. The Morgan fingerprint density at radius 3 is 2.71 bits per heavy atom. The Bertz CT molecular complexity index is 636. The lowest BCUT2D eigenvalue weighted by Crippen LogP contribution is -2.23. The van der Waals surface area contributed by atoms with Gasteiger partial charge in [-0.3, -0.25) is 4.68 Å². The lowest BCUT2D eigenvalue weighted by molar-refractivity contribution is 0.171. The first kappa shape index (κ1) is 13.9. The Labute approximate surface area is 124 Å². The van der Waals surface area contributed by atoms with Crippen molar-refractivity contribution in [1.82, 2.24) is 15.1 Å². The van der Waals surface area contributed by atoms with Crippen molar-refractivity contribution in [3.8, 4) is 11.5 Å². The second-order valence-corrected chi connectivity index (χ2v) is 5.24. The third-order valence-corrected chi connectivity index (χ3v) is 3.67. The van der Waals surface area contributed by atoms with E-state index in [1.54, 1.807) is 0 Å². The van der Waals surface area contributed by atoms with Crippen LogP contribution in [0, 0.1) is 6.92 Å². The summed E-state index contributed by atoms with van der Waals surface area (Å²) in [5, 5.41) is 7.97. The number of hydrogen-bond donors (Lipinski definition) is 1. The molecule has 5 nitrogen and oxygen atoms in total. The predicted octanol–water partition coefficient (Wildman–Crippen LogP) is 2.20. The number of nitrogens with zero attached hydrogens (tertiary/aromatic N) is 2. The monoisotopic (exact) mass is 287 g/mol. The molecular formula is C16H21N3O2. The van der Waals surface area contributed by atoms with E-state index in [0.717, 1.165) is 29.3 Å². The zero-order valence-corrected chi connectivity index (χ0v) is 12.7. The fraction of sp³-hybridized carbons (Fsp3) is 0.438. The van der Waals surface area contributed by atoms with E-state index < -0.39 is 0 Å². The minimum Gasteiger partial charge on any atom is -0.486 e. The van der Waals surface area contributed by atoms with Gasteiger partial charge in [-0.25, -0.2) is 0 Å². The first-order valence-corrected chi connectivity index (χ1v) is 7.32. The van der Waals surface area contributed by atoms with Gasteiger partial charge in [-0.2, -0.15) is 5.10 Å². The number of rotatable bonds is 4. The molecule has 112 valence electrons. The summed E-state index contributed by atoms with van der Waals surface area (Å²) in [7, 11) is 1.95. The highest BCUT2D eigenvalue weighted by molar-refractivity contribution is 5.46. The van der Waals surface area contributed by atoms with Gasteiger partial charge < -0.3 is 14.8 Å². The van der Waals surface area contributed by atoms with Crippen molar-refractivity contribution in [3.63, 3.8) is 0 Å². The van der Waals surface area contributed by atoms with Gasteiger partial charge in [-0.15, -0.1) is 0 Å². The van der Waals surface area contributed by atoms with Crippen LogP contribution in [0.5, 0.6) is 11.5 Å². The minimum absolute atomic E-state index is 0.111. The van der Waals surface area contributed by atoms with Crippen molar-refractivity contribution in [2.24, 2.45) is 7.05 Å². The molecule has 3 rings (SSSR count). The highest BCUT2D eigenvalue weighted by atomic mass is 16.6. The Kier molecular flexibility index (Phi) is 3.84. The molecular weight excluding hydrogens is 266 g/mol. The van der Waals surface area contributed by atoms with Crippen molar-refractivity contribution in [2.45, 2.75) is 19.9 Å². The van der Waals surface area contributed by atoms with Crippen molar-refractivity contribution in [2.75, 3.05) is 19.8 Å². The second-order valence-electron chi connectivity index (χ2n) is 5.24. The normalized spacial score (nSPS) is 15.0. The fourth-order valence-electron chi connectivity index (χ4n) is 2.75. The van der Waals surface area contributed by atoms with E-state index >= 15 is 0 Å². The molecule has 0 radical (unpaired) electrons. The van der Waals surface area contributed by atoms with Gasteiger partial charge in [-0.05, 0) is 31.2 Å². The number of benzene rings is 1. The zero-order chi connectivity index (χ0) is 14.8. The van der Waals surface area contributed by atoms with Crippen molar-refractivity contribution in [3.05, 3.63) is 41.2 Å². The molecule has 1 aliphatic rings. The number of aryl methyl sites for hydroxylation is 2. The molecule has 1 aromatic heterocycles. The summed E-state index contributed by atoms with van der Waals surface area (Å²) in [6.07, 6.45) is 2.07. The maximum absolute atomic E-state index is 5.69. The third-order valence-electron chi connectivity index (χ3n) is 3.67. The van der Waals surface area contributed by atoms with Gasteiger partial charge in [0.05, 0.1) is 11.7 Å². The molecule has 1 N–H and O–H groups in total. The Balaban J connectivity index is 1.99. The molecule has 1 atom stereocenters. The average Bonchev–Trinajstić information content (AvgIpc) is 2.83. The van der Waals surface area contributed by atoms with E-state index in [2.05, 4.69) is 35.7 Å². The number of aromatic nitrogens is 2. The molecule has 2 heterocycles. The van der Waals surface area contributed by atoms with Gasteiger partial charge in [0.2, 0.25) is 0 Å². The van der Waals surface area contributed by atoms with Crippen molar-refractivity contribution >= 4 is 0 Å². The van der Waals surface area contributed by atoms with E-state index in [1.165, 1.54) is 5.56 Å². The summed E-state index contributed by atoms with van der Waals surface area (Å²) in [6, 6.07) is 6.25. The van der Waals surface area contributed by atoms with Crippen LogP contribution in [0.1, 0.15) is 29.8 Å². The summed E-state index contributed by atoms with van der Waals surface area (Å²) < 4.78 is 13.1. The van der Waals surface area contributed by atoms with E-state index in [-0.39, 0.29) is 6.04 Å². The topological polar surface area (TPSA) is 48.3 Å². The van der Waals surface area contributed by atoms with E-state index in [4.69, 9.17) is 9.47 Å². The van der Waals surface area contributed by atoms with Crippen molar-refractivity contribution in [1.29, 1.82) is 0 Å². The second kappa shape index (κ2) is 5.77. The summed E-state index contributed by atoms with van der Waals surface area (Å²) >= 11 is 0. The Hall–Kier alpha value is -2.01. The van der Waals surface area contributed by atoms with Crippen LogP contribution in [0.15, 0.2) is 24.4 Å². The minimum atomic E-state index is 0.111. The molecule has 21 heavy (non-hydrogen) atoms. The molecule has 0 amide bonds. The van der Waals surface area contributed by atoms with Gasteiger partial charge >= 0.3 is 0 Å². The molecule has 2 aromatic rings. The van der Waals surface area contributed by atoms with Crippen LogP contribution in [0.4, 0.5) is 0 Å². The largest absolute Gasteiger partial charge is 0.486 e. The number of ether oxygens (including phenoxy) is 2. The van der Waals surface area contributed by atoms with Crippen molar-refractivity contribution < 1.29 is 9.47 Å². The van der Waals surface area contributed by atoms with Crippen LogP contribution < -0.4 is 14.8 Å². The molecule has 0 bridgehead atoms. The molecule has 0 saturated carbocycles. The van der Waals surface area contributed by atoms with Crippen LogP contribution in [-0.4, -0.2) is 29.5 Å². The van der Waals surface area contributed by atoms with E-state index in [0.29, 0.717) is 13.2 Å². The first-order chi connectivity index (χ1) is 10.2. The molecule has 1 unspecified atom stereocenters. The lowest BCUT2D eigenvalue weighted by atomic mass is 9.98. The molecule has 5 heteroatoms. The summed E-state index contributed by atoms with van der Waals surface area (Å²) in [5.74, 6) is 1.64. The molecule has 0 fully saturated rings. The third kappa shape index (κ3) is 2.74. The standard InChI is InChI=1S/C16H21N3O2/c1-4-17-16(13-10-19(3)18-11(13)2)12-5-6-14-15(9-12)21-8-7-20-14/h5-6,9-10,16-17H,4,7-8H2,1-3H3. The smallest absolute Gasteiger partial charge is 0.161 e. The Morgan fingerprint density at radius 1 is 1.29 bits per heavy atom. The van der Waals surface area contributed by atoms with E-state index in [9.17, 15) is 0 Å². The Morgan fingerprint density at radius 2 is 2.05 bits per heavy atom. The van der Waals surface area contributed by atoms with Gasteiger partial charge in [0.25, 0.3) is 0 Å². The lowest BCUT2D eigenvalue weighted by Gasteiger charge is -2.22. The van der Waals surface area contributed by atoms with Crippen LogP contribution in [0.3, 0.4) is 0 Å².